The highest BCUT2D eigenvalue weighted by molar-refractivity contribution is 6.01. The van der Waals surface area contributed by atoms with Crippen LogP contribution in [0.2, 0.25) is 0 Å². The number of benzene rings is 1. The van der Waals surface area contributed by atoms with E-state index in [0.717, 1.165) is 4.57 Å². The Bertz CT molecular complexity index is 1340. The van der Waals surface area contributed by atoms with Gasteiger partial charge in [0.1, 0.15) is 17.6 Å². The highest BCUT2D eigenvalue weighted by Crippen LogP contribution is 2.24. The van der Waals surface area contributed by atoms with E-state index in [1.54, 1.807) is 24.3 Å². The van der Waals surface area contributed by atoms with Crippen molar-refractivity contribution >= 4 is 39.8 Å². The minimum atomic E-state index is -0.775. The first-order valence-corrected chi connectivity index (χ1v) is 9.52. The Hall–Kier alpha value is -3.95. The van der Waals surface area contributed by atoms with E-state index in [9.17, 15) is 14.4 Å². The molecule has 4 aromatic rings. The van der Waals surface area contributed by atoms with Gasteiger partial charge in [-0.05, 0) is 12.1 Å². The number of amides is 1. The molecule has 0 aliphatic heterocycles. The standard InChI is InChI=1S/C21H20N4O6/c1-21(2,3)14-8-16(31-24-14)23-15(26)10-29-17(27)9-25-11-22-18-12-6-4-5-7-13(12)30-19(18)20(25)28/h4-8,11H,9-10H2,1-3H3,(H,23,26). The summed E-state index contributed by atoms with van der Waals surface area (Å²) in [6.07, 6.45) is 1.25. The third-order valence-corrected chi connectivity index (χ3v) is 4.56. The molecule has 1 N–H and O–H groups in total. The Morgan fingerprint density at radius 1 is 1.23 bits per heavy atom. The van der Waals surface area contributed by atoms with Crippen molar-refractivity contribution < 1.29 is 23.3 Å². The Morgan fingerprint density at radius 3 is 2.74 bits per heavy atom. The second kappa shape index (κ2) is 7.71. The number of nitrogens with one attached hydrogen (secondary N) is 1. The smallest absolute Gasteiger partial charge is 0.326 e. The van der Waals surface area contributed by atoms with Crippen molar-refractivity contribution in [3.8, 4) is 0 Å². The lowest BCUT2D eigenvalue weighted by molar-refractivity contribution is -0.148. The molecule has 4 rings (SSSR count). The maximum atomic E-state index is 12.6. The molecule has 0 aliphatic rings. The normalized spacial score (nSPS) is 11.7. The predicted molar refractivity (Wildman–Crippen MR) is 111 cm³/mol. The molecule has 0 saturated heterocycles. The Morgan fingerprint density at radius 2 is 2.00 bits per heavy atom. The number of anilines is 1. The van der Waals surface area contributed by atoms with Crippen LogP contribution in [0.15, 0.2) is 50.4 Å². The number of nitrogens with zero attached hydrogens (tertiary/aromatic N) is 3. The van der Waals surface area contributed by atoms with Gasteiger partial charge in [0, 0.05) is 16.9 Å². The number of para-hydroxylation sites is 1. The lowest BCUT2D eigenvalue weighted by Crippen LogP contribution is -2.27. The number of hydrogen-bond acceptors (Lipinski definition) is 8. The summed E-state index contributed by atoms with van der Waals surface area (Å²) in [4.78, 5) is 40.9. The van der Waals surface area contributed by atoms with Crippen molar-refractivity contribution in [1.29, 1.82) is 0 Å². The summed E-state index contributed by atoms with van der Waals surface area (Å²) in [5.41, 5.74) is 0.925. The molecule has 31 heavy (non-hydrogen) atoms. The largest absolute Gasteiger partial charge is 0.454 e. The monoisotopic (exact) mass is 424 g/mol. The lowest BCUT2D eigenvalue weighted by Gasteiger charge is -2.12. The summed E-state index contributed by atoms with van der Waals surface area (Å²) in [5, 5.41) is 7.06. The topological polar surface area (TPSA) is 129 Å². The molecule has 0 fully saturated rings. The van der Waals surface area contributed by atoms with Crippen LogP contribution >= 0.6 is 0 Å². The molecule has 0 bridgehead atoms. The van der Waals surface area contributed by atoms with E-state index in [-0.39, 0.29) is 16.9 Å². The van der Waals surface area contributed by atoms with Crippen LogP contribution in [0, 0.1) is 0 Å². The zero-order chi connectivity index (χ0) is 22.2. The van der Waals surface area contributed by atoms with Gasteiger partial charge in [0.25, 0.3) is 11.5 Å². The molecular formula is C21H20N4O6. The first-order valence-electron chi connectivity index (χ1n) is 9.52. The van der Waals surface area contributed by atoms with Crippen LogP contribution in [0.25, 0.3) is 22.1 Å². The van der Waals surface area contributed by atoms with Gasteiger partial charge >= 0.3 is 5.97 Å². The Kier molecular flexibility index (Phi) is 5.05. The average molecular weight is 424 g/mol. The van der Waals surface area contributed by atoms with Gasteiger partial charge in [0.2, 0.25) is 11.5 Å². The van der Waals surface area contributed by atoms with Gasteiger partial charge in [0.15, 0.2) is 6.61 Å². The van der Waals surface area contributed by atoms with E-state index in [2.05, 4.69) is 15.5 Å². The molecule has 3 aromatic heterocycles. The van der Waals surface area contributed by atoms with Gasteiger partial charge < -0.3 is 13.7 Å². The van der Waals surface area contributed by atoms with E-state index < -0.39 is 30.6 Å². The average Bonchev–Trinajstić information content (AvgIpc) is 3.33. The number of ether oxygens (including phenoxy) is 1. The van der Waals surface area contributed by atoms with Crippen LogP contribution in [-0.4, -0.2) is 33.2 Å². The minimum absolute atomic E-state index is 0.0502. The molecule has 10 nitrogen and oxygen atoms in total. The number of rotatable bonds is 5. The number of fused-ring (bicyclic) bond motifs is 3. The van der Waals surface area contributed by atoms with E-state index in [0.29, 0.717) is 22.2 Å². The van der Waals surface area contributed by atoms with Gasteiger partial charge in [-0.3, -0.25) is 24.3 Å². The van der Waals surface area contributed by atoms with Crippen molar-refractivity contribution in [1.82, 2.24) is 14.7 Å². The van der Waals surface area contributed by atoms with Crippen LogP contribution in [0.5, 0.6) is 0 Å². The van der Waals surface area contributed by atoms with E-state index in [1.165, 1.54) is 6.33 Å². The molecule has 0 radical (unpaired) electrons. The van der Waals surface area contributed by atoms with Crippen LogP contribution < -0.4 is 10.9 Å². The first kappa shape index (κ1) is 20.3. The fraction of sp³-hybridized carbons (Fsp3) is 0.286. The molecule has 0 unspecified atom stereocenters. The molecule has 0 saturated carbocycles. The molecule has 10 heteroatoms. The van der Waals surface area contributed by atoms with Gasteiger partial charge in [0.05, 0.1) is 12.0 Å². The van der Waals surface area contributed by atoms with Gasteiger partial charge in [-0.2, -0.15) is 0 Å². The fourth-order valence-electron chi connectivity index (χ4n) is 2.92. The number of carbonyl (C=O) groups is 2. The maximum Gasteiger partial charge on any atom is 0.326 e. The number of hydrogen-bond donors (Lipinski definition) is 1. The van der Waals surface area contributed by atoms with E-state index in [1.807, 2.05) is 26.8 Å². The van der Waals surface area contributed by atoms with E-state index in [4.69, 9.17) is 13.7 Å². The molecule has 1 aromatic carbocycles. The van der Waals surface area contributed by atoms with Crippen molar-refractivity contribution in [3.05, 3.63) is 52.7 Å². The number of aromatic nitrogens is 3. The number of carbonyl (C=O) groups excluding carboxylic acids is 2. The molecule has 0 atom stereocenters. The van der Waals surface area contributed by atoms with Crippen molar-refractivity contribution in [2.75, 3.05) is 11.9 Å². The van der Waals surface area contributed by atoms with Crippen LogP contribution in [0.4, 0.5) is 5.88 Å². The number of furan rings is 1. The summed E-state index contributed by atoms with van der Waals surface area (Å²) in [7, 11) is 0. The Balaban J connectivity index is 1.38. The molecule has 3 heterocycles. The minimum Gasteiger partial charge on any atom is -0.454 e. The lowest BCUT2D eigenvalue weighted by atomic mass is 9.92. The maximum absolute atomic E-state index is 12.6. The molecular weight excluding hydrogens is 404 g/mol. The second-order valence-electron chi connectivity index (χ2n) is 7.99. The quantitative estimate of drug-likeness (QED) is 0.484. The van der Waals surface area contributed by atoms with Crippen LogP contribution in [0.1, 0.15) is 26.5 Å². The van der Waals surface area contributed by atoms with Gasteiger partial charge in [-0.25, -0.2) is 4.98 Å². The zero-order valence-electron chi connectivity index (χ0n) is 17.2. The summed E-state index contributed by atoms with van der Waals surface area (Å²) in [6, 6.07) is 8.73. The zero-order valence-corrected chi connectivity index (χ0v) is 17.2. The Labute approximate surface area is 175 Å². The molecule has 0 spiro atoms. The predicted octanol–water partition coefficient (Wildman–Crippen LogP) is 2.61. The van der Waals surface area contributed by atoms with Crippen LogP contribution in [0.3, 0.4) is 0 Å². The van der Waals surface area contributed by atoms with E-state index >= 15 is 0 Å². The molecule has 160 valence electrons. The van der Waals surface area contributed by atoms with Gasteiger partial charge in [-0.1, -0.05) is 38.1 Å². The SMILES string of the molecule is CC(C)(C)c1cc(NC(=O)COC(=O)Cn2cnc3c(oc4ccccc43)c2=O)on1. The fourth-order valence-corrected chi connectivity index (χ4v) is 2.92. The highest BCUT2D eigenvalue weighted by Gasteiger charge is 2.20. The number of esters is 1. The molecule has 0 aliphatic carbocycles. The van der Waals surface area contributed by atoms with Gasteiger partial charge in [-0.15, -0.1) is 0 Å². The van der Waals surface area contributed by atoms with Crippen molar-refractivity contribution in [2.45, 2.75) is 32.7 Å². The summed E-state index contributed by atoms with van der Waals surface area (Å²) < 4.78 is 16.6. The van der Waals surface area contributed by atoms with Crippen molar-refractivity contribution in [2.24, 2.45) is 0 Å². The second-order valence-corrected chi connectivity index (χ2v) is 7.99. The summed E-state index contributed by atoms with van der Waals surface area (Å²) >= 11 is 0. The third kappa shape index (κ3) is 4.18. The van der Waals surface area contributed by atoms with Crippen molar-refractivity contribution in [3.63, 3.8) is 0 Å². The first-order chi connectivity index (χ1) is 14.7. The summed E-state index contributed by atoms with van der Waals surface area (Å²) in [6.45, 7) is 4.91. The highest BCUT2D eigenvalue weighted by atomic mass is 16.5. The third-order valence-electron chi connectivity index (χ3n) is 4.56. The molecule has 1 amide bonds. The summed E-state index contributed by atoms with van der Waals surface area (Å²) in [5.74, 6) is -1.22. The van der Waals surface area contributed by atoms with Crippen LogP contribution in [-0.2, 0) is 26.3 Å².